The molecule has 2 aromatic rings. The number of hydrogen-bond donors (Lipinski definition) is 2. The summed E-state index contributed by atoms with van der Waals surface area (Å²) < 4.78 is 28.8. The molecule has 0 aromatic heterocycles. The van der Waals surface area contributed by atoms with Crippen LogP contribution in [0.2, 0.25) is 0 Å². The van der Waals surface area contributed by atoms with Gasteiger partial charge in [-0.25, -0.2) is 13.6 Å². The topological polar surface area (TPSA) is 66.4 Å². The predicted molar refractivity (Wildman–Crippen MR) is 85.9 cm³/mol. The molecule has 0 aliphatic rings. The molecule has 114 valence electrons. The minimum absolute atomic E-state index is 0.0742. The first-order chi connectivity index (χ1) is 10.3. The van der Waals surface area contributed by atoms with Crippen LogP contribution in [0.25, 0.3) is 0 Å². The Hall–Kier alpha value is -2.03. The van der Waals surface area contributed by atoms with Crippen LogP contribution in [-0.2, 0) is 0 Å². The second kappa shape index (κ2) is 6.39. The van der Waals surface area contributed by atoms with Crippen molar-refractivity contribution in [3.63, 3.8) is 0 Å². The van der Waals surface area contributed by atoms with Gasteiger partial charge in [0.25, 0.3) is 0 Å². The van der Waals surface area contributed by atoms with E-state index >= 15 is 0 Å². The van der Waals surface area contributed by atoms with E-state index in [1.165, 1.54) is 0 Å². The molecule has 7 heteroatoms. The van der Waals surface area contributed by atoms with E-state index < -0.39 is 34.4 Å². The van der Waals surface area contributed by atoms with E-state index in [1.807, 2.05) is 0 Å². The number of aryl methyl sites for hydroxylation is 1. The fraction of sp³-hybridized carbons (Fsp3) is 0.0667. The molecule has 0 spiro atoms. The first kappa shape index (κ1) is 16.3. The van der Waals surface area contributed by atoms with Gasteiger partial charge in [0.05, 0.1) is 16.8 Å². The third-order valence-corrected chi connectivity index (χ3v) is 3.71. The summed E-state index contributed by atoms with van der Waals surface area (Å²) in [6, 6.07) is 5.98. The largest absolute Gasteiger partial charge is 0.478 e. The molecule has 0 saturated carbocycles. The van der Waals surface area contributed by atoms with Gasteiger partial charge in [0.2, 0.25) is 0 Å². The van der Waals surface area contributed by atoms with Crippen molar-refractivity contribution in [2.24, 2.45) is 0 Å². The molecular weight excluding hydrogens is 407 g/mol. The van der Waals surface area contributed by atoms with Crippen LogP contribution in [0.3, 0.4) is 0 Å². The fourth-order valence-corrected chi connectivity index (χ4v) is 2.57. The molecule has 0 heterocycles. The first-order valence-electron chi connectivity index (χ1n) is 6.08. The van der Waals surface area contributed by atoms with Crippen molar-refractivity contribution >= 4 is 46.2 Å². The summed E-state index contributed by atoms with van der Waals surface area (Å²) in [7, 11) is 0. The van der Waals surface area contributed by atoms with Crippen LogP contribution >= 0.6 is 22.6 Å². The molecule has 0 atom stereocenters. The molecule has 0 bridgehead atoms. The average molecular weight is 417 g/mol. The summed E-state index contributed by atoms with van der Waals surface area (Å²) in [5.74, 6) is -4.25. The lowest BCUT2D eigenvalue weighted by Crippen LogP contribution is -2.09. The van der Waals surface area contributed by atoms with E-state index in [-0.39, 0.29) is 6.29 Å². The number of aldehydes is 1. The normalized spacial score (nSPS) is 10.4. The molecule has 4 nitrogen and oxygen atoms in total. The minimum Gasteiger partial charge on any atom is -0.478 e. The quantitative estimate of drug-likeness (QED) is 0.580. The maximum Gasteiger partial charge on any atom is 0.337 e. The zero-order chi connectivity index (χ0) is 16.4. The van der Waals surface area contributed by atoms with Crippen molar-refractivity contribution in [3.05, 3.63) is 56.2 Å². The second-order valence-corrected chi connectivity index (χ2v) is 5.77. The number of anilines is 2. The molecular formula is C15H10F2INO3. The standard InChI is InChI=1S/C15H10F2INO3/c1-7-4-9(18)2-3-11(7)19-14-10(15(21)22)5-8(6-20)12(16)13(14)17/h2-6,19H,1H3,(H,21,22). The van der Waals surface area contributed by atoms with E-state index in [0.717, 1.165) is 15.2 Å². The third-order valence-electron chi connectivity index (χ3n) is 3.04. The Morgan fingerprint density at radius 2 is 1.95 bits per heavy atom. The summed E-state index contributed by atoms with van der Waals surface area (Å²) in [5.41, 5.74) is -0.485. The van der Waals surface area contributed by atoms with Crippen molar-refractivity contribution in [3.8, 4) is 0 Å². The Morgan fingerprint density at radius 3 is 2.50 bits per heavy atom. The van der Waals surface area contributed by atoms with Crippen molar-refractivity contribution in [1.29, 1.82) is 0 Å². The molecule has 22 heavy (non-hydrogen) atoms. The minimum atomic E-state index is -1.47. The van der Waals surface area contributed by atoms with E-state index in [9.17, 15) is 18.4 Å². The molecule has 2 aromatic carbocycles. The fourth-order valence-electron chi connectivity index (χ4n) is 1.92. The lowest BCUT2D eigenvalue weighted by atomic mass is 10.1. The summed E-state index contributed by atoms with van der Waals surface area (Å²) in [5, 5.41) is 11.7. The van der Waals surface area contributed by atoms with E-state index in [0.29, 0.717) is 5.69 Å². The number of hydrogen-bond acceptors (Lipinski definition) is 3. The van der Waals surface area contributed by atoms with Gasteiger partial charge in [-0.05, 0) is 59.3 Å². The molecule has 0 aliphatic heterocycles. The summed E-state index contributed by atoms with van der Waals surface area (Å²) in [6.07, 6.45) is 0.0742. The SMILES string of the molecule is Cc1cc(I)ccc1Nc1c(C(=O)O)cc(C=O)c(F)c1F. The Balaban J connectivity index is 2.61. The highest BCUT2D eigenvalue weighted by molar-refractivity contribution is 14.1. The van der Waals surface area contributed by atoms with Crippen LogP contribution in [0, 0.1) is 22.1 Å². The van der Waals surface area contributed by atoms with Crippen molar-refractivity contribution in [2.75, 3.05) is 5.32 Å². The summed E-state index contributed by atoms with van der Waals surface area (Å²) in [6.45, 7) is 1.75. The number of aromatic carboxylic acids is 1. The number of carboxylic acids is 1. The third kappa shape index (κ3) is 3.08. The van der Waals surface area contributed by atoms with Crippen molar-refractivity contribution in [1.82, 2.24) is 0 Å². The van der Waals surface area contributed by atoms with Gasteiger partial charge in [-0.15, -0.1) is 0 Å². The van der Waals surface area contributed by atoms with Gasteiger partial charge in [0.1, 0.15) is 0 Å². The zero-order valence-corrected chi connectivity index (χ0v) is 13.4. The van der Waals surface area contributed by atoms with Crippen LogP contribution in [0.4, 0.5) is 20.2 Å². The lowest BCUT2D eigenvalue weighted by Gasteiger charge is -2.14. The zero-order valence-electron chi connectivity index (χ0n) is 11.3. The first-order valence-corrected chi connectivity index (χ1v) is 7.16. The Kier molecular flexibility index (Phi) is 4.74. The molecule has 0 unspecified atom stereocenters. The molecule has 0 saturated heterocycles. The van der Waals surface area contributed by atoms with Crippen LogP contribution < -0.4 is 5.32 Å². The number of carbonyl (C=O) groups is 2. The Bertz CT molecular complexity index is 778. The monoisotopic (exact) mass is 417 g/mol. The van der Waals surface area contributed by atoms with Crippen LogP contribution in [0.5, 0.6) is 0 Å². The average Bonchev–Trinajstić information content (AvgIpc) is 2.46. The van der Waals surface area contributed by atoms with Gasteiger partial charge in [0, 0.05) is 9.26 Å². The van der Waals surface area contributed by atoms with Gasteiger partial charge >= 0.3 is 5.97 Å². The number of halogens is 3. The number of nitrogens with one attached hydrogen (secondary N) is 1. The molecule has 0 amide bonds. The molecule has 2 rings (SSSR count). The molecule has 0 fully saturated rings. The highest BCUT2D eigenvalue weighted by atomic mass is 127. The van der Waals surface area contributed by atoms with Crippen LogP contribution in [0.15, 0.2) is 24.3 Å². The van der Waals surface area contributed by atoms with E-state index in [4.69, 9.17) is 5.11 Å². The molecule has 2 N–H and O–H groups in total. The Morgan fingerprint density at radius 1 is 1.27 bits per heavy atom. The van der Waals surface area contributed by atoms with Gasteiger partial charge in [0.15, 0.2) is 17.9 Å². The highest BCUT2D eigenvalue weighted by Crippen LogP contribution is 2.30. The maximum atomic E-state index is 14.1. The van der Waals surface area contributed by atoms with E-state index in [2.05, 4.69) is 27.9 Å². The molecule has 0 radical (unpaired) electrons. The smallest absolute Gasteiger partial charge is 0.337 e. The van der Waals surface area contributed by atoms with Crippen LogP contribution in [-0.4, -0.2) is 17.4 Å². The van der Waals surface area contributed by atoms with Gasteiger partial charge < -0.3 is 10.4 Å². The highest BCUT2D eigenvalue weighted by Gasteiger charge is 2.22. The number of carbonyl (C=O) groups excluding carboxylic acids is 1. The lowest BCUT2D eigenvalue weighted by molar-refractivity contribution is 0.0697. The van der Waals surface area contributed by atoms with Crippen molar-refractivity contribution in [2.45, 2.75) is 6.92 Å². The van der Waals surface area contributed by atoms with Crippen LogP contribution in [0.1, 0.15) is 26.3 Å². The van der Waals surface area contributed by atoms with E-state index in [1.54, 1.807) is 25.1 Å². The number of carboxylic acid groups (broad SMARTS) is 1. The predicted octanol–water partition coefficient (Wildman–Crippen LogP) is 4.13. The number of rotatable bonds is 4. The van der Waals surface area contributed by atoms with Gasteiger partial charge in [-0.2, -0.15) is 0 Å². The van der Waals surface area contributed by atoms with Crippen molar-refractivity contribution < 1.29 is 23.5 Å². The van der Waals surface area contributed by atoms with Gasteiger partial charge in [-0.1, -0.05) is 0 Å². The Labute approximate surface area is 138 Å². The second-order valence-electron chi connectivity index (χ2n) is 4.52. The summed E-state index contributed by atoms with van der Waals surface area (Å²) in [4.78, 5) is 21.9. The molecule has 0 aliphatic carbocycles. The summed E-state index contributed by atoms with van der Waals surface area (Å²) >= 11 is 2.10. The maximum absolute atomic E-state index is 14.1. The number of benzene rings is 2. The van der Waals surface area contributed by atoms with Gasteiger partial charge in [-0.3, -0.25) is 4.79 Å².